The first-order valence-corrected chi connectivity index (χ1v) is 15.8. The summed E-state index contributed by atoms with van der Waals surface area (Å²) in [7, 11) is 0. The minimum absolute atomic E-state index is 0.0813. The highest BCUT2D eigenvalue weighted by Crippen LogP contribution is 2.06. The Labute approximate surface area is 271 Å². The molecule has 0 bridgehead atoms. The Balaban J connectivity index is 1.63. The fourth-order valence-electron chi connectivity index (χ4n) is 4.28. The van der Waals surface area contributed by atoms with Crippen LogP contribution in [0.2, 0.25) is 0 Å². The van der Waals surface area contributed by atoms with Gasteiger partial charge in [-0.2, -0.15) is 0 Å². The van der Waals surface area contributed by atoms with Gasteiger partial charge in [0.15, 0.2) is 5.96 Å². The second-order valence-electron chi connectivity index (χ2n) is 10.7. The van der Waals surface area contributed by atoms with Crippen molar-refractivity contribution in [3.8, 4) is 0 Å². The zero-order valence-corrected chi connectivity index (χ0v) is 26.6. The van der Waals surface area contributed by atoms with E-state index in [1.165, 1.54) is 0 Å². The van der Waals surface area contributed by atoms with Crippen LogP contribution in [0, 0.1) is 0 Å². The molecule has 13 nitrogen and oxygen atoms in total. The second kappa shape index (κ2) is 23.6. The Hall–Kier alpha value is -4.81. The quantitative estimate of drug-likeness (QED) is 0.0737. The number of unbranched alkanes of at least 4 members (excludes halogenated alkanes) is 4. The number of carbonyl (C=O) groups is 4. The molecule has 46 heavy (non-hydrogen) atoms. The van der Waals surface area contributed by atoms with Crippen LogP contribution in [-0.2, 0) is 32.3 Å². The predicted octanol–water partition coefficient (Wildman–Crippen LogP) is 3.18. The van der Waals surface area contributed by atoms with Crippen molar-refractivity contribution in [3.05, 3.63) is 71.8 Å². The number of guanidine groups is 1. The SMILES string of the molecule is NC(N)=NCCCCCCC(=O)NCC(=O)NCCCCN(CCCNC(=O)OCc1ccccc1)C(=O)OCc1ccccc1. The molecule has 0 aromatic heterocycles. The lowest BCUT2D eigenvalue weighted by Gasteiger charge is -2.22. The van der Waals surface area contributed by atoms with Gasteiger partial charge in [0.05, 0.1) is 6.54 Å². The molecule has 0 aliphatic rings. The maximum Gasteiger partial charge on any atom is 0.410 e. The fraction of sp³-hybridized carbons (Fsp3) is 0.485. The monoisotopic (exact) mass is 639 g/mol. The molecule has 2 rings (SSSR count). The first-order chi connectivity index (χ1) is 22.3. The van der Waals surface area contributed by atoms with Gasteiger partial charge in [-0.15, -0.1) is 0 Å². The lowest BCUT2D eigenvalue weighted by molar-refractivity contribution is -0.126. The van der Waals surface area contributed by atoms with Gasteiger partial charge in [0, 0.05) is 39.1 Å². The van der Waals surface area contributed by atoms with E-state index in [4.69, 9.17) is 20.9 Å². The van der Waals surface area contributed by atoms with Gasteiger partial charge in [-0.1, -0.05) is 73.5 Å². The molecular formula is C33H49N7O6. The van der Waals surface area contributed by atoms with E-state index < -0.39 is 12.2 Å². The highest BCUT2D eigenvalue weighted by Gasteiger charge is 2.15. The average molecular weight is 640 g/mol. The summed E-state index contributed by atoms with van der Waals surface area (Å²) in [4.78, 5) is 54.6. The third-order valence-corrected chi connectivity index (χ3v) is 6.78. The van der Waals surface area contributed by atoms with E-state index in [0.717, 1.165) is 36.8 Å². The minimum atomic E-state index is -0.523. The van der Waals surface area contributed by atoms with Crippen molar-refractivity contribution in [3.63, 3.8) is 0 Å². The first-order valence-electron chi connectivity index (χ1n) is 15.8. The van der Waals surface area contributed by atoms with Crippen LogP contribution in [-0.4, -0.2) is 74.1 Å². The van der Waals surface area contributed by atoms with Crippen molar-refractivity contribution in [1.82, 2.24) is 20.9 Å². The molecule has 2 aromatic carbocycles. The van der Waals surface area contributed by atoms with Gasteiger partial charge in [-0.3, -0.25) is 14.6 Å². The molecule has 0 saturated heterocycles. The number of nitrogens with two attached hydrogens (primary N) is 2. The lowest BCUT2D eigenvalue weighted by atomic mass is 10.1. The van der Waals surface area contributed by atoms with Crippen molar-refractivity contribution >= 4 is 30.0 Å². The number of aliphatic imine (C=N–C) groups is 1. The van der Waals surface area contributed by atoms with Crippen LogP contribution in [0.5, 0.6) is 0 Å². The summed E-state index contributed by atoms with van der Waals surface area (Å²) in [5.41, 5.74) is 12.3. The Kier molecular flexibility index (Phi) is 19.1. The third kappa shape index (κ3) is 18.8. The van der Waals surface area contributed by atoms with Gasteiger partial charge in [0.1, 0.15) is 13.2 Å². The number of nitrogens with one attached hydrogen (secondary N) is 3. The molecule has 13 heteroatoms. The van der Waals surface area contributed by atoms with Gasteiger partial charge in [-0.25, -0.2) is 9.59 Å². The maximum atomic E-state index is 12.9. The molecular weight excluding hydrogens is 590 g/mol. The number of hydrogen-bond donors (Lipinski definition) is 5. The summed E-state index contributed by atoms with van der Waals surface area (Å²) in [6.45, 7) is 2.37. The fourth-order valence-corrected chi connectivity index (χ4v) is 4.28. The van der Waals surface area contributed by atoms with Crippen molar-refractivity contribution in [2.45, 2.75) is 64.6 Å². The van der Waals surface area contributed by atoms with E-state index in [9.17, 15) is 19.2 Å². The van der Waals surface area contributed by atoms with Crippen LogP contribution in [0.25, 0.3) is 0 Å². The predicted molar refractivity (Wildman–Crippen MR) is 176 cm³/mol. The number of nitrogens with zero attached hydrogens (tertiary/aromatic N) is 2. The van der Waals surface area contributed by atoms with Gasteiger partial charge in [0.25, 0.3) is 0 Å². The van der Waals surface area contributed by atoms with Crippen molar-refractivity contribution in [2.24, 2.45) is 16.5 Å². The number of alkyl carbamates (subject to hydrolysis) is 1. The molecule has 0 unspecified atom stereocenters. The smallest absolute Gasteiger partial charge is 0.410 e. The van der Waals surface area contributed by atoms with E-state index in [1.807, 2.05) is 60.7 Å². The average Bonchev–Trinajstić information content (AvgIpc) is 3.06. The summed E-state index contributed by atoms with van der Waals surface area (Å²) < 4.78 is 10.7. The molecule has 0 heterocycles. The van der Waals surface area contributed by atoms with Crippen LogP contribution in [0.1, 0.15) is 62.5 Å². The summed E-state index contributed by atoms with van der Waals surface area (Å²) in [5, 5.41) is 8.14. The van der Waals surface area contributed by atoms with Crippen LogP contribution < -0.4 is 27.4 Å². The van der Waals surface area contributed by atoms with Crippen molar-refractivity contribution in [1.29, 1.82) is 0 Å². The number of benzene rings is 2. The summed E-state index contributed by atoms with van der Waals surface area (Å²) in [6.07, 6.45) is 4.55. The highest BCUT2D eigenvalue weighted by molar-refractivity contribution is 5.84. The number of hydrogen-bond acceptors (Lipinski definition) is 7. The summed E-state index contributed by atoms with van der Waals surface area (Å²) in [6, 6.07) is 18.8. The standard InChI is InChI=1S/C33H49N7O6/c34-31(35)37-20-10-2-1-9-18-29(41)39-24-30(42)36-19-11-12-22-40(33(44)46-26-28-16-7-4-8-17-28)23-13-21-38-32(43)45-25-27-14-5-3-6-15-27/h3-8,14-17H,1-2,9-13,18-26H2,(H,36,42)(H,38,43)(H,39,41)(H4,34,35,37). The maximum absolute atomic E-state index is 12.9. The van der Waals surface area contributed by atoms with E-state index in [0.29, 0.717) is 58.4 Å². The first kappa shape index (κ1) is 37.4. The van der Waals surface area contributed by atoms with Gasteiger partial charge < -0.3 is 41.8 Å². The van der Waals surface area contributed by atoms with Crippen molar-refractivity contribution < 1.29 is 28.7 Å². The summed E-state index contributed by atoms with van der Waals surface area (Å²) in [5.74, 6) is -0.350. The van der Waals surface area contributed by atoms with E-state index in [1.54, 1.807) is 4.90 Å². The van der Waals surface area contributed by atoms with Gasteiger partial charge >= 0.3 is 12.2 Å². The van der Waals surface area contributed by atoms with Crippen LogP contribution in [0.4, 0.5) is 9.59 Å². The number of ether oxygens (including phenoxy) is 2. The largest absolute Gasteiger partial charge is 0.445 e. The Morgan fingerprint density at radius 1 is 0.652 bits per heavy atom. The van der Waals surface area contributed by atoms with Crippen LogP contribution >= 0.6 is 0 Å². The number of rotatable bonds is 22. The van der Waals surface area contributed by atoms with Gasteiger partial charge in [-0.05, 0) is 43.2 Å². The molecule has 4 amide bonds. The molecule has 252 valence electrons. The zero-order valence-electron chi connectivity index (χ0n) is 26.6. The minimum Gasteiger partial charge on any atom is -0.445 e. The van der Waals surface area contributed by atoms with Crippen LogP contribution in [0.3, 0.4) is 0 Å². The Bertz CT molecular complexity index is 1190. The second-order valence-corrected chi connectivity index (χ2v) is 10.7. The van der Waals surface area contributed by atoms with Crippen molar-refractivity contribution in [2.75, 3.05) is 39.3 Å². The van der Waals surface area contributed by atoms with E-state index in [-0.39, 0.29) is 37.5 Å². The zero-order chi connectivity index (χ0) is 33.2. The topological polar surface area (TPSA) is 190 Å². The molecule has 0 atom stereocenters. The highest BCUT2D eigenvalue weighted by atomic mass is 16.6. The molecule has 2 aromatic rings. The summed E-state index contributed by atoms with van der Waals surface area (Å²) >= 11 is 0. The molecule has 0 aliphatic heterocycles. The molecule has 7 N–H and O–H groups in total. The van der Waals surface area contributed by atoms with Gasteiger partial charge in [0.2, 0.25) is 11.8 Å². The molecule has 0 aliphatic carbocycles. The number of amides is 4. The lowest BCUT2D eigenvalue weighted by Crippen LogP contribution is -2.38. The van der Waals surface area contributed by atoms with E-state index >= 15 is 0 Å². The third-order valence-electron chi connectivity index (χ3n) is 6.78. The van der Waals surface area contributed by atoms with Crippen LogP contribution in [0.15, 0.2) is 65.7 Å². The Morgan fingerprint density at radius 2 is 1.26 bits per heavy atom. The molecule has 0 radical (unpaired) electrons. The number of carbonyl (C=O) groups excluding carboxylic acids is 4. The molecule has 0 spiro atoms. The van der Waals surface area contributed by atoms with E-state index in [2.05, 4.69) is 20.9 Å². The Morgan fingerprint density at radius 3 is 1.93 bits per heavy atom. The molecule has 0 saturated carbocycles. The normalized spacial score (nSPS) is 10.3. The molecule has 0 fully saturated rings.